The van der Waals surface area contributed by atoms with Crippen molar-refractivity contribution < 1.29 is 4.74 Å². The van der Waals surface area contributed by atoms with Gasteiger partial charge in [0.05, 0.1) is 6.10 Å². The van der Waals surface area contributed by atoms with E-state index in [0.717, 1.165) is 19.4 Å². The second-order valence-electron chi connectivity index (χ2n) is 4.41. The highest BCUT2D eigenvalue weighted by molar-refractivity contribution is 5.43. The topological polar surface area (TPSA) is 84.3 Å². The van der Waals surface area contributed by atoms with Crippen LogP contribution < -0.4 is 11.0 Å². The molecule has 1 saturated carbocycles. The Kier molecular flexibility index (Phi) is 2.75. The minimum atomic E-state index is -0.325. The van der Waals surface area contributed by atoms with Crippen LogP contribution in [0.1, 0.15) is 19.8 Å². The van der Waals surface area contributed by atoms with Crippen molar-refractivity contribution in [2.45, 2.75) is 31.9 Å². The van der Waals surface area contributed by atoms with E-state index in [1.165, 1.54) is 4.52 Å². The van der Waals surface area contributed by atoms with E-state index in [0.29, 0.717) is 23.6 Å². The van der Waals surface area contributed by atoms with E-state index in [2.05, 4.69) is 20.6 Å². The van der Waals surface area contributed by atoms with E-state index >= 15 is 0 Å². The molecular formula is C11H15N5O2. The van der Waals surface area contributed by atoms with Crippen molar-refractivity contribution in [1.29, 1.82) is 0 Å². The van der Waals surface area contributed by atoms with Crippen molar-refractivity contribution in [2.75, 3.05) is 11.9 Å². The molecule has 1 fully saturated rings. The van der Waals surface area contributed by atoms with Gasteiger partial charge in [-0.25, -0.2) is 9.89 Å². The number of anilines is 1. The summed E-state index contributed by atoms with van der Waals surface area (Å²) in [7, 11) is 0. The quantitative estimate of drug-likeness (QED) is 0.819. The molecule has 0 amide bonds. The Bertz CT molecular complexity index is 599. The Labute approximate surface area is 103 Å². The SMILES string of the molecule is CCOC1CC(Nc2ccc3n[nH]c(=O)n3n2)C1. The molecule has 3 rings (SSSR count). The van der Waals surface area contributed by atoms with Gasteiger partial charge in [-0.05, 0) is 31.9 Å². The van der Waals surface area contributed by atoms with Gasteiger partial charge in [-0.15, -0.1) is 5.10 Å². The molecule has 7 heteroatoms. The van der Waals surface area contributed by atoms with Crippen molar-refractivity contribution in [3.63, 3.8) is 0 Å². The highest BCUT2D eigenvalue weighted by Gasteiger charge is 2.29. The molecule has 1 aliphatic carbocycles. The van der Waals surface area contributed by atoms with Gasteiger partial charge in [0.15, 0.2) is 5.65 Å². The van der Waals surface area contributed by atoms with Crippen LogP contribution >= 0.6 is 0 Å². The van der Waals surface area contributed by atoms with E-state index in [9.17, 15) is 4.79 Å². The molecule has 96 valence electrons. The summed E-state index contributed by atoms with van der Waals surface area (Å²) in [5.74, 6) is 0.686. The van der Waals surface area contributed by atoms with E-state index in [4.69, 9.17) is 4.74 Å². The van der Waals surface area contributed by atoms with E-state index < -0.39 is 0 Å². The van der Waals surface area contributed by atoms with Crippen LogP contribution in [-0.2, 0) is 4.74 Å². The predicted molar refractivity (Wildman–Crippen MR) is 65.7 cm³/mol. The number of hydrogen-bond acceptors (Lipinski definition) is 5. The number of H-pyrrole nitrogens is 1. The van der Waals surface area contributed by atoms with Gasteiger partial charge < -0.3 is 10.1 Å². The van der Waals surface area contributed by atoms with Crippen molar-refractivity contribution >= 4 is 11.5 Å². The Morgan fingerprint density at radius 2 is 2.39 bits per heavy atom. The van der Waals surface area contributed by atoms with Crippen LogP contribution in [0.2, 0.25) is 0 Å². The van der Waals surface area contributed by atoms with Gasteiger partial charge >= 0.3 is 5.69 Å². The molecule has 0 aromatic carbocycles. The van der Waals surface area contributed by atoms with Crippen LogP contribution in [-0.4, -0.2) is 38.6 Å². The molecule has 0 radical (unpaired) electrons. The first-order valence-electron chi connectivity index (χ1n) is 6.09. The summed E-state index contributed by atoms with van der Waals surface area (Å²) in [6, 6.07) is 3.95. The van der Waals surface area contributed by atoms with Gasteiger partial charge in [-0.3, -0.25) is 0 Å². The van der Waals surface area contributed by atoms with E-state index in [-0.39, 0.29) is 5.69 Å². The lowest BCUT2D eigenvalue weighted by Gasteiger charge is -2.35. The fourth-order valence-corrected chi connectivity index (χ4v) is 2.14. The summed E-state index contributed by atoms with van der Waals surface area (Å²) in [6.07, 6.45) is 2.31. The fraction of sp³-hybridized carbons (Fsp3) is 0.545. The predicted octanol–water partition coefficient (Wildman–Crippen LogP) is 0.397. The summed E-state index contributed by atoms with van der Waals surface area (Å²) < 4.78 is 6.74. The zero-order valence-corrected chi connectivity index (χ0v) is 10.1. The van der Waals surface area contributed by atoms with E-state index in [1.54, 1.807) is 6.07 Å². The summed E-state index contributed by atoms with van der Waals surface area (Å²) >= 11 is 0. The third-order valence-corrected chi connectivity index (χ3v) is 3.12. The molecule has 2 heterocycles. The molecular weight excluding hydrogens is 234 g/mol. The number of ether oxygens (including phenoxy) is 1. The van der Waals surface area contributed by atoms with Gasteiger partial charge in [-0.2, -0.15) is 9.61 Å². The second kappa shape index (κ2) is 4.41. The highest BCUT2D eigenvalue weighted by Crippen LogP contribution is 2.25. The van der Waals surface area contributed by atoms with Crippen molar-refractivity contribution in [1.82, 2.24) is 19.8 Å². The van der Waals surface area contributed by atoms with Crippen LogP contribution in [0.4, 0.5) is 5.82 Å². The lowest BCUT2D eigenvalue weighted by atomic mass is 9.89. The van der Waals surface area contributed by atoms with Crippen molar-refractivity contribution in [2.24, 2.45) is 0 Å². The maximum absolute atomic E-state index is 11.4. The molecule has 0 aliphatic heterocycles. The van der Waals surface area contributed by atoms with Crippen molar-refractivity contribution in [3.05, 3.63) is 22.6 Å². The average molecular weight is 249 g/mol. The minimum absolute atomic E-state index is 0.325. The van der Waals surface area contributed by atoms with Crippen LogP contribution in [0.15, 0.2) is 16.9 Å². The zero-order chi connectivity index (χ0) is 12.5. The number of nitrogens with one attached hydrogen (secondary N) is 2. The molecule has 2 aromatic rings. The summed E-state index contributed by atoms with van der Waals surface area (Å²) in [5.41, 5.74) is 0.195. The second-order valence-corrected chi connectivity index (χ2v) is 4.41. The molecule has 2 aromatic heterocycles. The summed E-state index contributed by atoms with van der Waals surface area (Å²) in [5, 5.41) is 13.6. The molecule has 0 spiro atoms. The highest BCUT2D eigenvalue weighted by atomic mass is 16.5. The Morgan fingerprint density at radius 3 is 3.17 bits per heavy atom. The van der Waals surface area contributed by atoms with Gasteiger partial charge in [0.25, 0.3) is 0 Å². The zero-order valence-electron chi connectivity index (χ0n) is 10.1. The van der Waals surface area contributed by atoms with Crippen LogP contribution in [0.3, 0.4) is 0 Å². The smallest absolute Gasteiger partial charge is 0.364 e. The Balaban J connectivity index is 1.68. The molecule has 0 atom stereocenters. The van der Waals surface area contributed by atoms with Crippen LogP contribution in [0.25, 0.3) is 5.65 Å². The number of nitrogens with zero attached hydrogens (tertiary/aromatic N) is 3. The average Bonchev–Trinajstić information content (AvgIpc) is 2.69. The van der Waals surface area contributed by atoms with Gasteiger partial charge in [0, 0.05) is 12.6 Å². The number of aromatic amines is 1. The fourth-order valence-electron chi connectivity index (χ4n) is 2.14. The van der Waals surface area contributed by atoms with Gasteiger partial charge in [0.1, 0.15) is 5.82 Å². The Morgan fingerprint density at radius 1 is 1.56 bits per heavy atom. The third-order valence-electron chi connectivity index (χ3n) is 3.12. The molecule has 0 saturated heterocycles. The molecule has 2 N–H and O–H groups in total. The van der Waals surface area contributed by atoms with Crippen LogP contribution in [0, 0.1) is 0 Å². The first-order chi connectivity index (χ1) is 8.76. The monoisotopic (exact) mass is 249 g/mol. The standard InChI is InChI=1S/C11H15N5O2/c1-2-18-8-5-7(6-8)12-9-3-4-10-13-14-11(17)16(10)15-9/h3-4,7-8H,2,5-6H2,1H3,(H,12,15)(H,14,17). The molecule has 0 bridgehead atoms. The first kappa shape index (κ1) is 11.2. The lowest BCUT2D eigenvalue weighted by molar-refractivity contribution is 0.00291. The number of aromatic nitrogens is 4. The first-order valence-corrected chi connectivity index (χ1v) is 6.09. The molecule has 7 nitrogen and oxygen atoms in total. The number of hydrogen-bond donors (Lipinski definition) is 2. The van der Waals surface area contributed by atoms with Gasteiger partial charge in [0.2, 0.25) is 0 Å². The summed E-state index contributed by atoms with van der Waals surface area (Å²) in [4.78, 5) is 11.4. The minimum Gasteiger partial charge on any atom is -0.378 e. The largest absolute Gasteiger partial charge is 0.378 e. The lowest BCUT2D eigenvalue weighted by Crippen LogP contribution is -2.41. The molecule has 0 unspecified atom stereocenters. The number of rotatable bonds is 4. The molecule has 18 heavy (non-hydrogen) atoms. The van der Waals surface area contributed by atoms with Crippen molar-refractivity contribution in [3.8, 4) is 0 Å². The Hall–Kier alpha value is -1.89. The van der Waals surface area contributed by atoms with Gasteiger partial charge in [-0.1, -0.05) is 0 Å². The van der Waals surface area contributed by atoms with E-state index in [1.807, 2.05) is 13.0 Å². The third kappa shape index (κ3) is 1.97. The maximum Gasteiger partial charge on any atom is 0.364 e. The number of fused-ring (bicyclic) bond motifs is 1. The van der Waals surface area contributed by atoms with Crippen LogP contribution in [0.5, 0.6) is 0 Å². The summed E-state index contributed by atoms with van der Waals surface area (Å²) in [6.45, 7) is 2.76. The maximum atomic E-state index is 11.4. The molecule has 1 aliphatic rings. The normalized spacial score (nSPS) is 22.9.